The molecule has 0 aliphatic rings. The number of hydrazine groups is 1. The van der Waals surface area contributed by atoms with Gasteiger partial charge < -0.3 is 4.74 Å². The Kier molecular flexibility index (Phi) is 3.93. The number of fused-ring (bicyclic) bond motifs is 1. The van der Waals surface area contributed by atoms with Crippen LogP contribution in [0.15, 0.2) is 54.7 Å². The second-order valence-corrected chi connectivity index (χ2v) is 4.60. The SMILES string of the molecule is NNC(=O)COc1ccccc1-c1ccc2cccnc2n1. The zero-order chi connectivity index (χ0) is 15.4. The summed E-state index contributed by atoms with van der Waals surface area (Å²) in [5.41, 5.74) is 4.21. The summed E-state index contributed by atoms with van der Waals surface area (Å²) in [7, 11) is 0. The lowest BCUT2D eigenvalue weighted by Gasteiger charge is -2.10. The van der Waals surface area contributed by atoms with Crippen LogP contribution in [0.3, 0.4) is 0 Å². The van der Waals surface area contributed by atoms with Gasteiger partial charge in [-0.2, -0.15) is 0 Å². The van der Waals surface area contributed by atoms with Gasteiger partial charge in [0, 0.05) is 17.1 Å². The number of hydrogen-bond donors (Lipinski definition) is 2. The monoisotopic (exact) mass is 294 g/mol. The summed E-state index contributed by atoms with van der Waals surface area (Å²) >= 11 is 0. The van der Waals surface area contributed by atoms with E-state index in [1.165, 1.54) is 0 Å². The van der Waals surface area contributed by atoms with E-state index in [1.807, 2.05) is 47.9 Å². The van der Waals surface area contributed by atoms with Gasteiger partial charge in [0.05, 0.1) is 5.69 Å². The van der Waals surface area contributed by atoms with Crippen molar-refractivity contribution in [3.05, 3.63) is 54.7 Å². The van der Waals surface area contributed by atoms with Gasteiger partial charge in [-0.25, -0.2) is 15.8 Å². The van der Waals surface area contributed by atoms with Gasteiger partial charge in [0.1, 0.15) is 5.75 Å². The van der Waals surface area contributed by atoms with Gasteiger partial charge in [0.2, 0.25) is 0 Å². The molecule has 0 spiro atoms. The number of para-hydroxylation sites is 1. The molecule has 0 unspecified atom stereocenters. The average Bonchev–Trinajstić information content (AvgIpc) is 2.59. The summed E-state index contributed by atoms with van der Waals surface area (Å²) in [6, 6.07) is 15.0. The number of hydrogen-bond acceptors (Lipinski definition) is 5. The third-order valence-corrected chi connectivity index (χ3v) is 3.15. The highest BCUT2D eigenvalue weighted by molar-refractivity contribution is 5.80. The Morgan fingerprint density at radius 1 is 1.14 bits per heavy atom. The number of benzene rings is 1. The lowest BCUT2D eigenvalue weighted by Crippen LogP contribution is -2.34. The van der Waals surface area contributed by atoms with Crippen molar-refractivity contribution in [1.29, 1.82) is 0 Å². The maximum Gasteiger partial charge on any atom is 0.271 e. The summed E-state index contributed by atoms with van der Waals surface area (Å²) in [5, 5.41) is 0.965. The molecule has 0 aliphatic heterocycles. The third kappa shape index (κ3) is 2.87. The minimum atomic E-state index is -0.400. The number of rotatable bonds is 4. The van der Waals surface area contributed by atoms with Gasteiger partial charge in [-0.1, -0.05) is 12.1 Å². The largest absolute Gasteiger partial charge is 0.483 e. The van der Waals surface area contributed by atoms with E-state index in [4.69, 9.17) is 10.6 Å². The molecule has 0 fully saturated rings. The highest BCUT2D eigenvalue weighted by Gasteiger charge is 2.09. The van der Waals surface area contributed by atoms with Crippen molar-refractivity contribution >= 4 is 16.9 Å². The first kappa shape index (κ1) is 14.0. The van der Waals surface area contributed by atoms with Crippen LogP contribution >= 0.6 is 0 Å². The number of amides is 1. The highest BCUT2D eigenvalue weighted by Crippen LogP contribution is 2.29. The molecule has 0 radical (unpaired) electrons. The smallest absolute Gasteiger partial charge is 0.271 e. The zero-order valence-electron chi connectivity index (χ0n) is 11.7. The van der Waals surface area contributed by atoms with Crippen LogP contribution in [-0.2, 0) is 4.79 Å². The molecule has 3 rings (SSSR count). The van der Waals surface area contributed by atoms with Gasteiger partial charge in [0.15, 0.2) is 12.3 Å². The molecule has 110 valence electrons. The summed E-state index contributed by atoms with van der Waals surface area (Å²) in [6.07, 6.45) is 1.70. The molecule has 6 nitrogen and oxygen atoms in total. The molecule has 0 bridgehead atoms. The van der Waals surface area contributed by atoms with Gasteiger partial charge >= 0.3 is 0 Å². The van der Waals surface area contributed by atoms with E-state index in [9.17, 15) is 4.79 Å². The fraction of sp³-hybridized carbons (Fsp3) is 0.0625. The van der Waals surface area contributed by atoms with Gasteiger partial charge in [-0.15, -0.1) is 0 Å². The Morgan fingerprint density at radius 3 is 2.86 bits per heavy atom. The minimum absolute atomic E-state index is 0.153. The van der Waals surface area contributed by atoms with Crippen LogP contribution in [0.5, 0.6) is 5.75 Å². The first-order valence-corrected chi connectivity index (χ1v) is 6.71. The molecule has 0 atom stereocenters. The second kappa shape index (κ2) is 6.19. The van der Waals surface area contributed by atoms with Gasteiger partial charge in [-0.05, 0) is 36.4 Å². The molecular formula is C16H14N4O2. The average molecular weight is 294 g/mol. The van der Waals surface area contributed by atoms with Crippen LogP contribution < -0.4 is 16.0 Å². The van der Waals surface area contributed by atoms with Crippen LogP contribution in [0.4, 0.5) is 0 Å². The van der Waals surface area contributed by atoms with E-state index in [1.54, 1.807) is 12.3 Å². The number of ether oxygens (including phenoxy) is 1. The summed E-state index contributed by atoms with van der Waals surface area (Å²) in [5.74, 6) is 5.21. The minimum Gasteiger partial charge on any atom is -0.483 e. The molecule has 2 aromatic heterocycles. The highest BCUT2D eigenvalue weighted by atomic mass is 16.5. The second-order valence-electron chi connectivity index (χ2n) is 4.60. The summed E-state index contributed by atoms with van der Waals surface area (Å²) < 4.78 is 5.50. The molecule has 1 amide bonds. The number of aromatic nitrogens is 2. The van der Waals surface area contributed by atoms with Gasteiger partial charge in [0.25, 0.3) is 5.91 Å². The molecule has 3 N–H and O–H groups in total. The predicted molar refractivity (Wildman–Crippen MR) is 82.8 cm³/mol. The molecule has 0 aliphatic carbocycles. The van der Waals surface area contributed by atoms with Crippen LogP contribution in [-0.4, -0.2) is 22.5 Å². The first-order chi connectivity index (χ1) is 10.8. The topological polar surface area (TPSA) is 90.1 Å². The summed E-state index contributed by atoms with van der Waals surface area (Å²) in [6.45, 7) is -0.153. The third-order valence-electron chi connectivity index (χ3n) is 3.15. The van der Waals surface area contributed by atoms with Crippen LogP contribution in [0, 0.1) is 0 Å². The van der Waals surface area contributed by atoms with E-state index < -0.39 is 5.91 Å². The van der Waals surface area contributed by atoms with Crippen molar-refractivity contribution in [2.45, 2.75) is 0 Å². The van der Waals surface area contributed by atoms with Crippen molar-refractivity contribution < 1.29 is 9.53 Å². The Labute approximate surface area is 126 Å². The molecule has 1 aromatic carbocycles. The fourth-order valence-corrected chi connectivity index (χ4v) is 2.09. The Bertz CT molecular complexity index is 820. The number of pyridine rings is 2. The van der Waals surface area contributed by atoms with E-state index >= 15 is 0 Å². The van der Waals surface area contributed by atoms with E-state index in [0.29, 0.717) is 11.4 Å². The molecular weight excluding hydrogens is 280 g/mol. The van der Waals surface area contributed by atoms with Crippen LogP contribution in [0.1, 0.15) is 0 Å². The molecule has 22 heavy (non-hydrogen) atoms. The Morgan fingerprint density at radius 2 is 2.00 bits per heavy atom. The van der Waals surface area contributed by atoms with Crippen molar-refractivity contribution in [1.82, 2.24) is 15.4 Å². The number of nitrogens with two attached hydrogens (primary N) is 1. The van der Waals surface area contributed by atoms with Crippen molar-refractivity contribution in [3.63, 3.8) is 0 Å². The fourth-order valence-electron chi connectivity index (χ4n) is 2.09. The zero-order valence-corrected chi connectivity index (χ0v) is 11.7. The van der Waals surface area contributed by atoms with Gasteiger partial charge in [-0.3, -0.25) is 10.2 Å². The summed E-state index contributed by atoms with van der Waals surface area (Å²) in [4.78, 5) is 20.0. The van der Waals surface area contributed by atoms with E-state index in [-0.39, 0.29) is 6.61 Å². The number of carbonyl (C=O) groups is 1. The number of nitrogens with zero attached hydrogens (tertiary/aromatic N) is 2. The first-order valence-electron chi connectivity index (χ1n) is 6.71. The molecule has 3 aromatic rings. The molecule has 0 saturated heterocycles. The lowest BCUT2D eigenvalue weighted by atomic mass is 10.1. The molecule has 6 heteroatoms. The number of carbonyl (C=O) groups excluding carboxylic acids is 1. The molecule has 2 heterocycles. The Hall–Kier alpha value is -2.99. The quantitative estimate of drug-likeness (QED) is 0.434. The van der Waals surface area contributed by atoms with Crippen LogP contribution in [0.25, 0.3) is 22.3 Å². The number of nitrogens with one attached hydrogen (secondary N) is 1. The van der Waals surface area contributed by atoms with Crippen molar-refractivity contribution in [3.8, 4) is 17.0 Å². The van der Waals surface area contributed by atoms with Crippen LogP contribution in [0.2, 0.25) is 0 Å². The van der Waals surface area contributed by atoms with E-state index in [0.717, 1.165) is 16.6 Å². The predicted octanol–water partition coefficient (Wildman–Crippen LogP) is 1.67. The Balaban J connectivity index is 1.97. The normalized spacial score (nSPS) is 10.4. The lowest BCUT2D eigenvalue weighted by molar-refractivity contribution is -0.123. The maximum atomic E-state index is 11.2. The maximum absolute atomic E-state index is 11.2. The molecule has 0 saturated carbocycles. The van der Waals surface area contributed by atoms with Crippen molar-refractivity contribution in [2.75, 3.05) is 6.61 Å². The van der Waals surface area contributed by atoms with Crippen molar-refractivity contribution in [2.24, 2.45) is 5.84 Å². The van der Waals surface area contributed by atoms with E-state index in [2.05, 4.69) is 9.97 Å². The standard InChI is InChI=1S/C16H14N4O2/c17-20-15(21)10-22-14-6-2-1-5-12(14)13-8-7-11-4-3-9-18-16(11)19-13/h1-9H,10,17H2,(H,20,21).